The first-order valence-corrected chi connectivity index (χ1v) is 6.84. The van der Waals surface area contributed by atoms with Gasteiger partial charge in [0.05, 0.1) is 0 Å². The maximum absolute atomic E-state index is 11.8. The molecule has 1 aliphatic carbocycles. The third-order valence-electron chi connectivity index (χ3n) is 3.88. The van der Waals surface area contributed by atoms with E-state index < -0.39 is 11.9 Å². The molecule has 3 N–H and O–H groups in total. The van der Waals surface area contributed by atoms with E-state index in [1.165, 1.54) is 6.92 Å². The van der Waals surface area contributed by atoms with Crippen molar-refractivity contribution in [2.45, 2.75) is 18.9 Å². The zero-order chi connectivity index (χ0) is 15.0. The molecule has 0 spiro atoms. The number of rotatable bonds is 3. The van der Waals surface area contributed by atoms with Crippen molar-refractivity contribution in [2.75, 3.05) is 0 Å². The molecule has 2 aromatic carbocycles. The lowest BCUT2D eigenvalue weighted by Gasteiger charge is -2.23. The Bertz CT molecular complexity index is 679. The summed E-state index contributed by atoms with van der Waals surface area (Å²) in [6.07, 6.45) is 0. The molecule has 0 saturated heterocycles. The number of primary amides is 1. The minimum absolute atomic E-state index is 0.237. The Kier molecular flexibility index (Phi) is 3.22. The Morgan fingerprint density at radius 1 is 1.00 bits per heavy atom. The number of benzene rings is 2. The molecule has 2 amide bonds. The van der Waals surface area contributed by atoms with Crippen molar-refractivity contribution in [1.82, 2.24) is 5.32 Å². The molecule has 106 valence electrons. The lowest BCUT2D eigenvalue weighted by Crippen LogP contribution is -2.47. The average molecular weight is 280 g/mol. The first-order chi connectivity index (χ1) is 10.1. The van der Waals surface area contributed by atoms with Crippen LogP contribution < -0.4 is 11.1 Å². The van der Waals surface area contributed by atoms with Gasteiger partial charge in [0.15, 0.2) is 0 Å². The van der Waals surface area contributed by atoms with Crippen LogP contribution in [0, 0.1) is 0 Å². The zero-order valence-electron chi connectivity index (χ0n) is 11.7. The van der Waals surface area contributed by atoms with E-state index in [1.807, 2.05) is 48.5 Å². The number of amides is 2. The Morgan fingerprint density at radius 2 is 1.48 bits per heavy atom. The van der Waals surface area contributed by atoms with Crippen LogP contribution in [0.15, 0.2) is 48.5 Å². The lowest BCUT2D eigenvalue weighted by atomic mass is 9.89. The zero-order valence-corrected chi connectivity index (χ0v) is 11.7. The fourth-order valence-corrected chi connectivity index (χ4v) is 3.09. The summed E-state index contributed by atoms with van der Waals surface area (Å²) in [6, 6.07) is 15.1. The molecule has 1 atom stereocenters. The maximum Gasteiger partial charge on any atom is 0.240 e. The molecule has 0 radical (unpaired) electrons. The lowest BCUT2D eigenvalue weighted by molar-refractivity contribution is -0.126. The predicted octanol–water partition coefficient (Wildman–Crippen LogP) is 1.79. The van der Waals surface area contributed by atoms with Gasteiger partial charge in [-0.2, -0.15) is 0 Å². The summed E-state index contributed by atoms with van der Waals surface area (Å²) in [4.78, 5) is 23.3. The molecule has 0 saturated carbocycles. The highest BCUT2D eigenvalue weighted by molar-refractivity contribution is 5.90. The molecule has 0 bridgehead atoms. The van der Waals surface area contributed by atoms with E-state index in [1.54, 1.807) is 0 Å². The van der Waals surface area contributed by atoms with Crippen LogP contribution in [0.1, 0.15) is 24.0 Å². The number of fused-ring (bicyclic) bond motifs is 3. The van der Waals surface area contributed by atoms with Crippen molar-refractivity contribution in [3.05, 3.63) is 59.7 Å². The molecule has 1 aliphatic rings. The van der Waals surface area contributed by atoms with Gasteiger partial charge in [-0.15, -0.1) is 0 Å². The van der Waals surface area contributed by atoms with Crippen molar-refractivity contribution < 1.29 is 9.59 Å². The van der Waals surface area contributed by atoms with Crippen molar-refractivity contribution in [3.8, 4) is 11.1 Å². The SMILES string of the molecule is CC(=O)N[C@H](C(N)=O)C1c2ccccc2-c2ccccc21. The summed E-state index contributed by atoms with van der Waals surface area (Å²) in [5.41, 5.74) is 9.76. The number of nitrogens with one attached hydrogen (secondary N) is 1. The van der Waals surface area contributed by atoms with Crippen LogP contribution in [0.3, 0.4) is 0 Å². The van der Waals surface area contributed by atoms with Gasteiger partial charge in [-0.1, -0.05) is 48.5 Å². The van der Waals surface area contributed by atoms with Crippen LogP contribution in [0.2, 0.25) is 0 Å². The second-order valence-corrected chi connectivity index (χ2v) is 5.23. The molecule has 4 nitrogen and oxygen atoms in total. The molecule has 0 fully saturated rings. The average Bonchev–Trinajstić information content (AvgIpc) is 2.79. The summed E-state index contributed by atoms with van der Waals surface area (Å²) in [5, 5.41) is 2.69. The maximum atomic E-state index is 11.8. The van der Waals surface area contributed by atoms with Crippen molar-refractivity contribution >= 4 is 11.8 Å². The minimum Gasteiger partial charge on any atom is -0.368 e. The van der Waals surface area contributed by atoms with Gasteiger partial charge in [0.25, 0.3) is 0 Å². The first-order valence-electron chi connectivity index (χ1n) is 6.84. The van der Waals surface area contributed by atoms with Gasteiger partial charge < -0.3 is 11.1 Å². The molecular formula is C17H16N2O2. The number of nitrogens with two attached hydrogens (primary N) is 1. The van der Waals surface area contributed by atoms with Gasteiger partial charge in [0.2, 0.25) is 11.8 Å². The van der Waals surface area contributed by atoms with Gasteiger partial charge in [-0.05, 0) is 22.3 Å². The molecule has 0 heterocycles. The summed E-state index contributed by atoms with van der Waals surface area (Å²) >= 11 is 0. The first kappa shape index (κ1) is 13.4. The van der Waals surface area contributed by atoms with E-state index in [9.17, 15) is 9.59 Å². The quantitative estimate of drug-likeness (QED) is 0.899. The van der Waals surface area contributed by atoms with Crippen molar-refractivity contribution in [1.29, 1.82) is 0 Å². The Balaban J connectivity index is 2.17. The second-order valence-electron chi connectivity index (χ2n) is 5.23. The standard InChI is InChI=1S/C17H16N2O2/c1-10(20)19-16(17(18)21)15-13-8-4-2-6-11(13)12-7-3-5-9-14(12)15/h2-9,15-16H,1H3,(H2,18,21)(H,19,20)/t16-/m0/s1. The second kappa shape index (κ2) is 5.05. The summed E-state index contributed by atoms with van der Waals surface area (Å²) in [5.74, 6) is -1.03. The topological polar surface area (TPSA) is 72.2 Å². The highest BCUT2D eigenvalue weighted by atomic mass is 16.2. The van der Waals surface area contributed by atoms with E-state index in [-0.39, 0.29) is 11.8 Å². The fraction of sp³-hybridized carbons (Fsp3) is 0.176. The summed E-state index contributed by atoms with van der Waals surface area (Å²) in [7, 11) is 0. The number of hydrogen-bond acceptors (Lipinski definition) is 2. The molecule has 2 aromatic rings. The van der Waals surface area contributed by atoms with Gasteiger partial charge in [0.1, 0.15) is 6.04 Å². The highest BCUT2D eigenvalue weighted by Crippen LogP contribution is 2.45. The molecule has 0 unspecified atom stereocenters. The van der Waals surface area contributed by atoms with E-state index in [4.69, 9.17) is 5.73 Å². The van der Waals surface area contributed by atoms with Gasteiger partial charge in [-0.25, -0.2) is 0 Å². The highest BCUT2D eigenvalue weighted by Gasteiger charge is 2.37. The van der Waals surface area contributed by atoms with E-state index in [0.29, 0.717) is 0 Å². The van der Waals surface area contributed by atoms with Crippen LogP contribution in [0.25, 0.3) is 11.1 Å². The van der Waals surface area contributed by atoms with Crippen LogP contribution in [-0.4, -0.2) is 17.9 Å². The third-order valence-corrected chi connectivity index (χ3v) is 3.88. The smallest absolute Gasteiger partial charge is 0.240 e. The normalized spacial score (nSPS) is 14.1. The van der Waals surface area contributed by atoms with Crippen LogP contribution in [0.5, 0.6) is 0 Å². The summed E-state index contributed by atoms with van der Waals surface area (Å²) < 4.78 is 0. The van der Waals surface area contributed by atoms with Gasteiger partial charge >= 0.3 is 0 Å². The molecule has 0 aromatic heterocycles. The fourth-order valence-electron chi connectivity index (χ4n) is 3.09. The van der Waals surface area contributed by atoms with Gasteiger partial charge in [0, 0.05) is 12.8 Å². The van der Waals surface area contributed by atoms with Gasteiger partial charge in [-0.3, -0.25) is 9.59 Å². The predicted molar refractivity (Wildman–Crippen MR) is 80.5 cm³/mol. The van der Waals surface area contributed by atoms with Crippen molar-refractivity contribution in [2.24, 2.45) is 5.73 Å². The Hall–Kier alpha value is -2.62. The number of carbonyl (C=O) groups excluding carboxylic acids is 2. The van der Waals surface area contributed by atoms with E-state index in [0.717, 1.165) is 22.3 Å². The van der Waals surface area contributed by atoms with Crippen LogP contribution in [-0.2, 0) is 9.59 Å². The Labute approximate surface area is 123 Å². The molecule has 0 aliphatic heterocycles. The Morgan fingerprint density at radius 3 is 1.90 bits per heavy atom. The number of hydrogen-bond donors (Lipinski definition) is 2. The third kappa shape index (κ3) is 2.18. The van der Waals surface area contributed by atoms with E-state index in [2.05, 4.69) is 5.32 Å². The monoisotopic (exact) mass is 280 g/mol. The summed E-state index contributed by atoms with van der Waals surface area (Å²) in [6.45, 7) is 1.39. The molecular weight excluding hydrogens is 264 g/mol. The number of carbonyl (C=O) groups is 2. The van der Waals surface area contributed by atoms with Crippen LogP contribution >= 0.6 is 0 Å². The van der Waals surface area contributed by atoms with E-state index >= 15 is 0 Å². The van der Waals surface area contributed by atoms with Crippen LogP contribution in [0.4, 0.5) is 0 Å². The largest absolute Gasteiger partial charge is 0.368 e. The molecule has 3 rings (SSSR count). The minimum atomic E-state index is -0.743. The molecule has 21 heavy (non-hydrogen) atoms. The molecule has 4 heteroatoms. The van der Waals surface area contributed by atoms with Crippen molar-refractivity contribution in [3.63, 3.8) is 0 Å².